The second-order valence-electron chi connectivity index (χ2n) is 6.73. The molecule has 0 aliphatic rings. The van der Waals surface area contributed by atoms with Crippen LogP contribution in [0.1, 0.15) is 17.0 Å². The van der Waals surface area contributed by atoms with Crippen molar-refractivity contribution in [3.05, 3.63) is 59.4 Å². The summed E-state index contributed by atoms with van der Waals surface area (Å²) in [4.78, 5) is 9.25. The lowest BCUT2D eigenvalue weighted by Crippen LogP contribution is -2.36. The molecule has 0 bridgehead atoms. The topological polar surface area (TPSA) is 88.4 Å². The first-order chi connectivity index (χ1) is 13.3. The normalized spacial score (nSPS) is 11.9. The Morgan fingerprint density at radius 2 is 1.83 bits per heavy atom. The molecule has 9 heteroatoms. The number of hydrogen-bond donors (Lipinski definition) is 2. The molecule has 3 rings (SSSR count). The third kappa shape index (κ3) is 5.47. The molecule has 0 amide bonds. The predicted molar refractivity (Wildman–Crippen MR) is 127 cm³/mol. The lowest BCUT2D eigenvalue weighted by Gasteiger charge is -2.13. The quantitative estimate of drug-likeness (QED) is 0.303. The smallest absolute Gasteiger partial charge is 0.191 e. The van der Waals surface area contributed by atoms with E-state index < -0.39 is 9.84 Å². The van der Waals surface area contributed by atoms with Gasteiger partial charge in [-0.05, 0) is 36.2 Å². The van der Waals surface area contributed by atoms with Gasteiger partial charge in [-0.15, -0.1) is 24.0 Å². The van der Waals surface area contributed by atoms with E-state index in [-0.39, 0.29) is 24.0 Å². The zero-order valence-electron chi connectivity index (χ0n) is 16.9. The molecular formula is C20H26IN5O2S. The molecule has 0 aliphatic heterocycles. The molecule has 156 valence electrons. The van der Waals surface area contributed by atoms with Gasteiger partial charge in [-0.1, -0.05) is 24.3 Å². The summed E-state index contributed by atoms with van der Waals surface area (Å²) in [7, 11) is 0.499. The van der Waals surface area contributed by atoms with Crippen LogP contribution in [0.4, 0.5) is 0 Å². The molecule has 7 nitrogen and oxygen atoms in total. The van der Waals surface area contributed by atoms with Gasteiger partial charge in [0, 0.05) is 26.9 Å². The van der Waals surface area contributed by atoms with E-state index in [0.717, 1.165) is 28.0 Å². The van der Waals surface area contributed by atoms with E-state index in [2.05, 4.69) is 25.2 Å². The lowest BCUT2D eigenvalue weighted by molar-refractivity contribution is 0.601. The van der Waals surface area contributed by atoms with Crippen molar-refractivity contribution >= 4 is 50.8 Å². The number of guanidine groups is 1. The first kappa shape index (κ1) is 23.1. The second-order valence-corrected chi connectivity index (χ2v) is 8.71. The highest BCUT2D eigenvalue weighted by molar-refractivity contribution is 14.0. The molecule has 29 heavy (non-hydrogen) atoms. The number of nitrogens with zero attached hydrogens (tertiary/aromatic N) is 3. The number of aromatic nitrogens is 2. The summed E-state index contributed by atoms with van der Waals surface area (Å²) in [6, 6.07) is 13.4. The minimum atomic E-state index is -3.21. The monoisotopic (exact) mass is 527 g/mol. The van der Waals surface area contributed by atoms with Crippen LogP contribution >= 0.6 is 24.0 Å². The zero-order chi connectivity index (χ0) is 20.3. The van der Waals surface area contributed by atoms with Gasteiger partial charge in [-0.3, -0.25) is 4.99 Å². The van der Waals surface area contributed by atoms with Gasteiger partial charge in [0.15, 0.2) is 15.8 Å². The predicted octanol–water partition coefficient (Wildman–Crippen LogP) is 2.77. The fourth-order valence-electron chi connectivity index (χ4n) is 3.16. The van der Waals surface area contributed by atoms with E-state index in [1.54, 1.807) is 20.0 Å². The molecule has 0 saturated heterocycles. The highest BCUT2D eigenvalue weighted by atomic mass is 127. The highest BCUT2D eigenvalue weighted by Crippen LogP contribution is 2.17. The minimum Gasteiger partial charge on any atom is -0.352 e. The summed E-state index contributed by atoms with van der Waals surface area (Å²) in [6.45, 7) is 2.88. The van der Waals surface area contributed by atoms with Crippen LogP contribution in [-0.2, 0) is 30.0 Å². The van der Waals surface area contributed by atoms with Crippen LogP contribution in [0, 0.1) is 6.92 Å². The average Bonchev–Trinajstić information content (AvgIpc) is 2.97. The van der Waals surface area contributed by atoms with Crippen molar-refractivity contribution in [3.8, 4) is 0 Å². The molecule has 3 aromatic rings. The van der Waals surface area contributed by atoms with Gasteiger partial charge < -0.3 is 15.2 Å². The average molecular weight is 527 g/mol. The first-order valence-corrected chi connectivity index (χ1v) is 10.8. The van der Waals surface area contributed by atoms with Gasteiger partial charge >= 0.3 is 0 Å². The van der Waals surface area contributed by atoms with Crippen LogP contribution in [-0.4, -0.2) is 37.2 Å². The maximum Gasteiger partial charge on any atom is 0.191 e. The molecule has 1 heterocycles. The SMILES string of the molecule is CN=C(NCc1ccc(S(C)(=O)=O)c(C)c1)NCc1nc2ccccc2n1C.I. The fourth-order valence-corrected chi connectivity index (χ4v) is 4.12. The van der Waals surface area contributed by atoms with Crippen molar-refractivity contribution in [2.45, 2.75) is 24.9 Å². The maximum atomic E-state index is 11.7. The number of halogens is 1. The molecule has 0 saturated carbocycles. The maximum absolute atomic E-state index is 11.7. The summed E-state index contributed by atoms with van der Waals surface area (Å²) in [5.41, 5.74) is 3.77. The van der Waals surface area contributed by atoms with Gasteiger partial charge in [0.05, 0.1) is 22.5 Å². The molecule has 0 aliphatic carbocycles. The summed E-state index contributed by atoms with van der Waals surface area (Å²) in [5, 5.41) is 6.51. The summed E-state index contributed by atoms with van der Waals surface area (Å²) in [5.74, 6) is 1.56. The Bertz CT molecular complexity index is 1140. The van der Waals surface area contributed by atoms with Crippen molar-refractivity contribution in [2.75, 3.05) is 13.3 Å². The molecule has 2 aromatic carbocycles. The molecular weight excluding hydrogens is 501 g/mol. The first-order valence-electron chi connectivity index (χ1n) is 8.94. The lowest BCUT2D eigenvalue weighted by atomic mass is 10.1. The molecule has 0 fully saturated rings. The van der Waals surface area contributed by atoms with Crippen LogP contribution in [0.2, 0.25) is 0 Å². The molecule has 0 atom stereocenters. The molecule has 2 N–H and O–H groups in total. The largest absolute Gasteiger partial charge is 0.352 e. The summed E-state index contributed by atoms with van der Waals surface area (Å²) in [6.07, 6.45) is 1.22. The van der Waals surface area contributed by atoms with Gasteiger partial charge in [-0.2, -0.15) is 0 Å². The van der Waals surface area contributed by atoms with Crippen LogP contribution < -0.4 is 10.6 Å². The summed E-state index contributed by atoms with van der Waals surface area (Å²) >= 11 is 0. The molecule has 0 unspecified atom stereocenters. The van der Waals surface area contributed by atoms with Crippen molar-refractivity contribution in [1.29, 1.82) is 0 Å². The Morgan fingerprint density at radius 1 is 1.14 bits per heavy atom. The Morgan fingerprint density at radius 3 is 2.45 bits per heavy atom. The Balaban J connectivity index is 0.00000300. The number of hydrogen-bond acceptors (Lipinski definition) is 4. The number of para-hydroxylation sites is 2. The number of aliphatic imine (C=N–C) groups is 1. The minimum absolute atomic E-state index is 0. The van der Waals surface area contributed by atoms with Gasteiger partial charge in [0.1, 0.15) is 5.82 Å². The number of sulfone groups is 1. The van der Waals surface area contributed by atoms with Crippen molar-refractivity contribution in [1.82, 2.24) is 20.2 Å². The van der Waals surface area contributed by atoms with E-state index in [1.807, 2.05) is 43.4 Å². The second kappa shape index (κ2) is 9.57. The standard InChI is InChI=1S/C20H25N5O2S.HI/c1-14-11-15(9-10-18(14)28(4,26)27)12-22-20(21-2)23-13-19-24-16-7-5-6-8-17(16)25(19)3;/h5-11H,12-13H2,1-4H3,(H2,21,22,23);1H. The Kier molecular flexibility index (Phi) is 7.64. The van der Waals surface area contributed by atoms with Gasteiger partial charge in [-0.25, -0.2) is 13.4 Å². The van der Waals surface area contributed by atoms with Crippen molar-refractivity contribution < 1.29 is 8.42 Å². The third-order valence-corrected chi connectivity index (χ3v) is 5.87. The van der Waals surface area contributed by atoms with E-state index in [1.165, 1.54) is 6.26 Å². The number of nitrogens with one attached hydrogen (secondary N) is 2. The fraction of sp³-hybridized carbons (Fsp3) is 0.300. The number of rotatable bonds is 5. The Labute approximate surface area is 188 Å². The third-order valence-electron chi connectivity index (χ3n) is 4.62. The molecule has 1 aromatic heterocycles. The van der Waals surface area contributed by atoms with Crippen LogP contribution in [0.15, 0.2) is 52.4 Å². The van der Waals surface area contributed by atoms with E-state index in [9.17, 15) is 8.42 Å². The van der Waals surface area contributed by atoms with Gasteiger partial charge in [0.25, 0.3) is 0 Å². The number of imidazole rings is 1. The van der Waals surface area contributed by atoms with Crippen LogP contribution in [0.3, 0.4) is 0 Å². The Hall–Kier alpha value is -2.14. The van der Waals surface area contributed by atoms with E-state index >= 15 is 0 Å². The summed E-state index contributed by atoms with van der Waals surface area (Å²) < 4.78 is 25.5. The van der Waals surface area contributed by atoms with E-state index in [4.69, 9.17) is 0 Å². The van der Waals surface area contributed by atoms with Crippen LogP contribution in [0.5, 0.6) is 0 Å². The number of fused-ring (bicyclic) bond motifs is 1. The molecule has 0 radical (unpaired) electrons. The zero-order valence-corrected chi connectivity index (χ0v) is 20.1. The van der Waals surface area contributed by atoms with Crippen molar-refractivity contribution in [2.24, 2.45) is 12.0 Å². The number of aryl methyl sites for hydroxylation is 2. The van der Waals surface area contributed by atoms with Crippen molar-refractivity contribution in [3.63, 3.8) is 0 Å². The number of benzene rings is 2. The molecule has 0 spiro atoms. The van der Waals surface area contributed by atoms with Gasteiger partial charge in [0.2, 0.25) is 0 Å². The van der Waals surface area contributed by atoms with Crippen LogP contribution in [0.25, 0.3) is 11.0 Å². The highest BCUT2D eigenvalue weighted by Gasteiger charge is 2.11. The van der Waals surface area contributed by atoms with E-state index in [0.29, 0.717) is 23.9 Å².